The lowest BCUT2D eigenvalue weighted by atomic mass is 9.93. The van der Waals surface area contributed by atoms with Crippen LogP contribution in [0.1, 0.15) is 35.2 Å². The van der Waals surface area contributed by atoms with Gasteiger partial charge in [0, 0.05) is 17.3 Å². The molecule has 96 valence electrons. The second-order valence-corrected chi connectivity index (χ2v) is 4.35. The normalized spacial score (nSPS) is 14.2. The van der Waals surface area contributed by atoms with Crippen LogP contribution in [0.15, 0.2) is 18.2 Å². The monoisotopic (exact) mass is 265 g/mol. The average molecular weight is 266 g/mol. The lowest BCUT2D eigenvalue weighted by Crippen LogP contribution is -2.38. The third-order valence-corrected chi connectivity index (χ3v) is 3.15. The van der Waals surface area contributed by atoms with E-state index in [1.807, 2.05) is 6.07 Å². The number of carbonyl (C=O) groups is 1. The number of nitrogens with zero attached hydrogens (tertiary/aromatic N) is 1. The summed E-state index contributed by atoms with van der Waals surface area (Å²) in [7, 11) is 0. The lowest BCUT2D eigenvalue weighted by molar-refractivity contribution is 0.0982. The first-order chi connectivity index (χ1) is 8.20. The first kappa shape index (κ1) is 14.5. The van der Waals surface area contributed by atoms with Crippen molar-refractivity contribution in [2.75, 3.05) is 12.3 Å². The minimum atomic E-state index is 0. The van der Waals surface area contributed by atoms with Gasteiger partial charge in [-0.25, -0.2) is 0 Å². The highest BCUT2D eigenvalue weighted by atomic mass is 35.5. The maximum Gasteiger partial charge on any atom is 0.176 e. The van der Waals surface area contributed by atoms with E-state index < -0.39 is 0 Å². The Labute approximate surface area is 113 Å². The Hall–Kier alpha value is -1.57. The predicted molar refractivity (Wildman–Crippen MR) is 72.8 cm³/mol. The van der Waals surface area contributed by atoms with Gasteiger partial charge in [0.2, 0.25) is 0 Å². The van der Waals surface area contributed by atoms with Crippen LogP contribution in [0, 0.1) is 11.3 Å². The number of halogens is 1. The molecule has 0 amide bonds. The molecule has 0 spiro atoms. The second kappa shape index (κ2) is 6.39. The molecule has 0 bridgehead atoms. The van der Waals surface area contributed by atoms with Gasteiger partial charge in [-0.15, -0.1) is 12.4 Å². The van der Waals surface area contributed by atoms with Crippen LogP contribution in [0.3, 0.4) is 0 Å². The molecule has 0 unspecified atom stereocenters. The Morgan fingerprint density at radius 1 is 1.50 bits per heavy atom. The molecule has 1 saturated carbocycles. The van der Waals surface area contributed by atoms with Gasteiger partial charge in [-0.1, -0.05) is 6.42 Å². The highest BCUT2D eigenvalue weighted by Gasteiger charge is 2.18. The number of anilines is 1. The van der Waals surface area contributed by atoms with Crippen molar-refractivity contribution >= 4 is 23.9 Å². The number of nitriles is 1. The molecule has 1 aliphatic carbocycles. The maximum absolute atomic E-state index is 11.9. The molecule has 0 aliphatic heterocycles. The van der Waals surface area contributed by atoms with E-state index >= 15 is 0 Å². The van der Waals surface area contributed by atoms with E-state index in [9.17, 15) is 4.79 Å². The number of ketones is 1. The largest absolute Gasteiger partial charge is 0.398 e. The fourth-order valence-electron chi connectivity index (χ4n) is 1.78. The van der Waals surface area contributed by atoms with Crippen LogP contribution < -0.4 is 11.1 Å². The molecule has 1 fully saturated rings. The molecule has 18 heavy (non-hydrogen) atoms. The Balaban J connectivity index is 0.00000162. The van der Waals surface area contributed by atoms with Gasteiger partial charge in [-0.05, 0) is 31.0 Å². The summed E-state index contributed by atoms with van der Waals surface area (Å²) in [4.78, 5) is 11.9. The number of carbonyl (C=O) groups excluding carboxylic acids is 1. The van der Waals surface area contributed by atoms with Crippen molar-refractivity contribution in [2.45, 2.75) is 25.3 Å². The van der Waals surface area contributed by atoms with Crippen LogP contribution >= 0.6 is 12.4 Å². The van der Waals surface area contributed by atoms with Gasteiger partial charge >= 0.3 is 0 Å². The molecule has 1 aromatic carbocycles. The summed E-state index contributed by atoms with van der Waals surface area (Å²) in [6.45, 7) is 0.333. The Morgan fingerprint density at radius 2 is 2.22 bits per heavy atom. The van der Waals surface area contributed by atoms with Crippen molar-refractivity contribution in [1.82, 2.24) is 5.32 Å². The average Bonchev–Trinajstić information content (AvgIpc) is 2.27. The molecule has 0 radical (unpaired) electrons. The van der Waals surface area contributed by atoms with E-state index in [-0.39, 0.29) is 18.2 Å². The quantitative estimate of drug-likeness (QED) is 0.644. The summed E-state index contributed by atoms with van der Waals surface area (Å²) in [6.07, 6.45) is 3.54. The van der Waals surface area contributed by atoms with Crippen molar-refractivity contribution in [3.05, 3.63) is 29.3 Å². The van der Waals surface area contributed by atoms with Crippen LogP contribution in [0.2, 0.25) is 0 Å². The zero-order valence-electron chi connectivity index (χ0n) is 9.98. The number of hydrogen-bond donors (Lipinski definition) is 2. The van der Waals surface area contributed by atoms with E-state index in [0.29, 0.717) is 29.4 Å². The molecule has 0 heterocycles. The molecule has 1 aromatic rings. The highest BCUT2D eigenvalue weighted by Crippen LogP contribution is 2.18. The molecular formula is C13H16ClN3O. The Bertz CT molecular complexity index is 478. The molecule has 0 atom stereocenters. The van der Waals surface area contributed by atoms with Crippen molar-refractivity contribution in [1.29, 1.82) is 5.26 Å². The standard InChI is InChI=1S/C13H15N3O.ClH/c14-7-10-6-9(4-5-12(10)15)13(17)8-16-11-2-1-3-11;/h4-6,11,16H,1-3,8,15H2;1H. The van der Waals surface area contributed by atoms with E-state index in [1.165, 1.54) is 6.42 Å². The van der Waals surface area contributed by atoms with Gasteiger partial charge < -0.3 is 11.1 Å². The zero-order chi connectivity index (χ0) is 12.3. The highest BCUT2D eigenvalue weighted by molar-refractivity contribution is 5.98. The number of Topliss-reactive ketones (excluding diaryl/α,β-unsaturated/α-hetero) is 1. The number of rotatable bonds is 4. The van der Waals surface area contributed by atoms with Gasteiger partial charge in [0.1, 0.15) is 6.07 Å². The summed E-state index contributed by atoms with van der Waals surface area (Å²) in [5.74, 6) is 0.00778. The number of nitrogens with one attached hydrogen (secondary N) is 1. The fourth-order valence-corrected chi connectivity index (χ4v) is 1.78. The van der Waals surface area contributed by atoms with Gasteiger partial charge in [0.15, 0.2) is 5.78 Å². The number of nitrogens with two attached hydrogens (primary N) is 1. The van der Waals surface area contributed by atoms with Gasteiger partial charge in [0.25, 0.3) is 0 Å². The minimum absolute atomic E-state index is 0. The molecule has 3 N–H and O–H groups in total. The first-order valence-electron chi connectivity index (χ1n) is 5.77. The van der Waals surface area contributed by atoms with E-state index in [1.54, 1.807) is 18.2 Å². The third-order valence-electron chi connectivity index (χ3n) is 3.15. The fraction of sp³-hybridized carbons (Fsp3) is 0.385. The van der Waals surface area contributed by atoms with Crippen LogP contribution in [0.25, 0.3) is 0 Å². The molecule has 2 rings (SSSR count). The summed E-state index contributed by atoms with van der Waals surface area (Å²) in [5.41, 5.74) is 6.92. The zero-order valence-corrected chi connectivity index (χ0v) is 10.8. The number of hydrogen-bond acceptors (Lipinski definition) is 4. The van der Waals surface area contributed by atoms with Crippen LogP contribution in [-0.2, 0) is 0 Å². The summed E-state index contributed by atoms with van der Waals surface area (Å²) >= 11 is 0. The smallest absolute Gasteiger partial charge is 0.176 e. The summed E-state index contributed by atoms with van der Waals surface area (Å²) in [6, 6.07) is 7.30. The molecule has 0 saturated heterocycles. The van der Waals surface area contributed by atoms with E-state index in [2.05, 4.69) is 5.32 Å². The summed E-state index contributed by atoms with van der Waals surface area (Å²) in [5, 5.41) is 12.0. The summed E-state index contributed by atoms with van der Waals surface area (Å²) < 4.78 is 0. The Morgan fingerprint density at radius 3 is 2.78 bits per heavy atom. The van der Waals surface area contributed by atoms with Crippen LogP contribution in [0.4, 0.5) is 5.69 Å². The number of nitrogen functional groups attached to an aromatic ring is 1. The molecule has 0 aromatic heterocycles. The van der Waals surface area contributed by atoms with Crippen molar-refractivity contribution in [3.63, 3.8) is 0 Å². The molecular weight excluding hydrogens is 250 g/mol. The van der Waals surface area contributed by atoms with Gasteiger partial charge in [-0.3, -0.25) is 4.79 Å². The Kier molecular flexibility index (Phi) is 5.14. The molecule has 5 heteroatoms. The molecule has 1 aliphatic rings. The van der Waals surface area contributed by atoms with Crippen molar-refractivity contribution < 1.29 is 4.79 Å². The third kappa shape index (κ3) is 3.22. The number of benzene rings is 1. The second-order valence-electron chi connectivity index (χ2n) is 4.35. The maximum atomic E-state index is 11.9. The lowest BCUT2D eigenvalue weighted by Gasteiger charge is -2.26. The SMILES string of the molecule is Cl.N#Cc1cc(C(=O)CNC2CCC2)ccc1N. The minimum Gasteiger partial charge on any atom is -0.398 e. The predicted octanol–water partition coefficient (Wildman–Crippen LogP) is 1.89. The van der Waals surface area contributed by atoms with Crippen LogP contribution in [-0.4, -0.2) is 18.4 Å². The topological polar surface area (TPSA) is 78.9 Å². The van der Waals surface area contributed by atoms with Crippen molar-refractivity contribution in [3.8, 4) is 6.07 Å². The van der Waals surface area contributed by atoms with E-state index in [0.717, 1.165) is 12.8 Å². The van der Waals surface area contributed by atoms with Gasteiger partial charge in [-0.2, -0.15) is 5.26 Å². The first-order valence-corrected chi connectivity index (χ1v) is 5.77. The van der Waals surface area contributed by atoms with Crippen LogP contribution in [0.5, 0.6) is 0 Å². The van der Waals surface area contributed by atoms with Gasteiger partial charge in [0.05, 0.1) is 12.1 Å². The molecule has 4 nitrogen and oxygen atoms in total. The van der Waals surface area contributed by atoms with E-state index in [4.69, 9.17) is 11.0 Å². The van der Waals surface area contributed by atoms with Crippen molar-refractivity contribution in [2.24, 2.45) is 0 Å².